The summed E-state index contributed by atoms with van der Waals surface area (Å²) in [5.74, 6) is -1.29. The van der Waals surface area contributed by atoms with E-state index in [9.17, 15) is 13.2 Å². The van der Waals surface area contributed by atoms with Crippen LogP contribution in [0, 0.1) is 5.92 Å². The zero-order valence-corrected chi connectivity index (χ0v) is 13.5. The number of benzene rings is 1. The van der Waals surface area contributed by atoms with Gasteiger partial charge in [0.25, 0.3) is 10.0 Å². The van der Waals surface area contributed by atoms with Crippen molar-refractivity contribution in [2.24, 2.45) is 5.92 Å². The Labute approximate surface area is 130 Å². The van der Waals surface area contributed by atoms with E-state index >= 15 is 0 Å². The van der Waals surface area contributed by atoms with E-state index in [0.29, 0.717) is 5.69 Å². The third kappa shape index (κ3) is 3.23. The zero-order valence-electron chi connectivity index (χ0n) is 12.7. The van der Waals surface area contributed by atoms with Crippen LogP contribution in [0.1, 0.15) is 13.8 Å². The van der Waals surface area contributed by atoms with Gasteiger partial charge in [-0.05, 0) is 26.0 Å². The minimum Gasteiger partial charge on any atom is -0.466 e. The van der Waals surface area contributed by atoms with Crippen LogP contribution in [0.5, 0.6) is 0 Å². The van der Waals surface area contributed by atoms with Gasteiger partial charge in [0.15, 0.2) is 5.37 Å². The molecule has 1 aliphatic rings. The maximum Gasteiger partial charge on any atom is 0.313 e. The first-order chi connectivity index (χ1) is 10.5. The van der Waals surface area contributed by atoms with E-state index in [2.05, 4.69) is 10.9 Å². The molecule has 0 saturated carbocycles. The van der Waals surface area contributed by atoms with Crippen LogP contribution in [-0.4, -0.2) is 39.5 Å². The molecular weight excluding hydrogens is 306 g/mol. The summed E-state index contributed by atoms with van der Waals surface area (Å²) in [5, 5.41) is -1.05. The Balaban J connectivity index is 2.29. The topological polar surface area (TPSA) is 87.7 Å². The van der Waals surface area contributed by atoms with Crippen molar-refractivity contribution >= 4 is 21.7 Å². The maximum atomic E-state index is 12.9. The zero-order chi connectivity index (χ0) is 16.2. The Hall–Kier alpha value is -1.64. The molecule has 2 N–H and O–H groups in total. The van der Waals surface area contributed by atoms with Crippen molar-refractivity contribution in [1.29, 1.82) is 0 Å². The summed E-state index contributed by atoms with van der Waals surface area (Å²) in [6, 6.07) is 8.82. The van der Waals surface area contributed by atoms with E-state index in [0.717, 1.165) is 0 Å². The van der Waals surface area contributed by atoms with Crippen molar-refractivity contribution in [2.45, 2.75) is 19.2 Å². The van der Waals surface area contributed by atoms with Crippen molar-refractivity contribution in [3.05, 3.63) is 30.3 Å². The Morgan fingerprint density at radius 1 is 1.32 bits per heavy atom. The van der Waals surface area contributed by atoms with Gasteiger partial charge in [-0.25, -0.2) is 13.8 Å². The molecule has 0 spiro atoms. The number of ether oxygens (including phenoxy) is 1. The molecule has 2 atom stereocenters. The number of carbonyl (C=O) groups is 1. The molecule has 1 heterocycles. The molecule has 7 nitrogen and oxygen atoms in total. The van der Waals surface area contributed by atoms with Crippen LogP contribution < -0.4 is 15.2 Å². The Morgan fingerprint density at radius 2 is 2.00 bits per heavy atom. The lowest BCUT2D eigenvalue weighted by atomic mass is 10.2. The largest absolute Gasteiger partial charge is 0.466 e. The maximum absolute atomic E-state index is 12.9. The quantitative estimate of drug-likeness (QED) is 0.738. The Morgan fingerprint density at radius 3 is 2.59 bits per heavy atom. The lowest BCUT2D eigenvalue weighted by Crippen LogP contribution is -2.49. The molecule has 122 valence electrons. The molecular formula is C14H21N3O4S. The Bertz CT molecular complexity index is 606. The monoisotopic (exact) mass is 327 g/mol. The standard InChI is InChI=1S/C14H21N3O4S/c1-3-17(11-8-6-5-7-9-11)22(19,20)13-12(10-15-16-13)14(18)21-4-2/h5-9,12-13,15-16H,3-4,10H2,1-2H3. The molecule has 0 radical (unpaired) electrons. The number of nitrogens with one attached hydrogen (secondary N) is 2. The second-order valence-corrected chi connectivity index (χ2v) is 6.83. The molecule has 0 amide bonds. The van der Waals surface area contributed by atoms with Crippen molar-refractivity contribution in [3.63, 3.8) is 0 Å². The van der Waals surface area contributed by atoms with Gasteiger partial charge in [0.1, 0.15) is 5.92 Å². The number of rotatable bonds is 6. The molecule has 0 aliphatic carbocycles. The van der Waals surface area contributed by atoms with Crippen LogP contribution in [-0.2, 0) is 19.6 Å². The SMILES string of the molecule is CCOC(=O)C1CNNC1S(=O)(=O)N(CC)c1ccccc1. The van der Waals surface area contributed by atoms with E-state index in [1.165, 1.54) is 4.31 Å². The molecule has 2 rings (SSSR count). The van der Waals surface area contributed by atoms with Crippen LogP contribution in [0.2, 0.25) is 0 Å². The molecule has 2 unspecified atom stereocenters. The van der Waals surface area contributed by atoms with Gasteiger partial charge in [-0.1, -0.05) is 18.2 Å². The number of esters is 1. The second kappa shape index (κ2) is 7.08. The average molecular weight is 327 g/mol. The summed E-state index contributed by atoms with van der Waals surface area (Å²) < 4.78 is 32.1. The van der Waals surface area contributed by atoms with E-state index in [4.69, 9.17) is 4.74 Å². The van der Waals surface area contributed by atoms with Gasteiger partial charge in [-0.3, -0.25) is 14.5 Å². The first-order valence-corrected chi connectivity index (χ1v) is 8.74. The number of sulfonamides is 1. The molecule has 1 aromatic rings. The number of hydrazine groups is 1. The molecule has 1 saturated heterocycles. The first kappa shape index (κ1) is 16.7. The number of hydrogen-bond acceptors (Lipinski definition) is 6. The van der Waals surface area contributed by atoms with Crippen LogP contribution in [0.3, 0.4) is 0 Å². The number of hydrogen-bond donors (Lipinski definition) is 2. The van der Waals surface area contributed by atoms with Crippen molar-refractivity contribution in [2.75, 3.05) is 24.0 Å². The van der Waals surface area contributed by atoms with E-state index < -0.39 is 27.3 Å². The molecule has 1 aromatic carbocycles. The van der Waals surface area contributed by atoms with Gasteiger partial charge in [-0.15, -0.1) is 0 Å². The molecule has 0 aromatic heterocycles. The van der Waals surface area contributed by atoms with Crippen LogP contribution in [0.15, 0.2) is 30.3 Å². The number of anilines is 1. The van der Waals surface area contributed by atoms with Crippen molar-refractivity contribution in [3.8, 4) is 0 Å². The predicted octanol–water partition coefficient (Wildman–Crippen LogP) is 0.456. The summed E-state index contributed by atoms with van der Waals surface area (Å²) in [6.07, 6.45) is 0. The van der Waals surface area contributed by atoms with Gasteiger partial charge in [0.05, 0.1) is 12.3 Å². The molecule has 22 heavy (non-hydrogen) atoms. The predicted molar refractivity (Wildman–Crippen MR) is 83.4 cm³/mol. The Kier molecular flexibility index (Phi) is 5.38. The van der Waals surface area contributed by atoms with E-state index in [1.54, 1.807) is 38.1 Å². The smallest absolute Gasteiger partial charge is 0.313 e. The lowest BCUT2D eigenvalue weighted by molar-refractivity contribution is -0.147. The van der Waals surface area contributed by atoms with Crippen molar-refractivity contribution in [1.82, 2.24) is 10.9 Å². The highest BCUT2D eigenvalue weighted by atomic mass is 32.2. The van der Waals surface area contributed by atoms with Gasteiger partial charge < -0.3 is 4.74 Å². The second-order valence-electron chi connectivity index (χ2n) is 4.85. The van der Waals surface area contributed by atoms with E-state index in [-0.39, 0.29) is 19.7 Å². The molecule has 1 aliphatic heterocycles. The fraction of sp³-hybridized carbons (Fsp3) is 0.500. The van der Waals surface area contributed by atoms with E-state index in [1.807, 2.05) is 6.07 Å². The normalized spacial score (nSPS) is 21.5. The first-order valence-electron chi connectivity index (χ1n) is 7.24. The van der Waals surface area contributed by atoms with Crippen LogP contribution in [0.4, 0.5) is 5.69 Å². The average Bonchev–Trinajstić information content (AvgIpc) is 2.99. The third-order valence-electron chi connectivity index (χ3n) is 3.48. The summed E-state index contributed by atoms with van der Waals surface area (Å²) in [7, 11) is -3.76. The third-order valence-corrected chi connectivity index (χ3v) is 5.65. The fourth-order valence-corrected chi connectivity index (χ4v) is 4.36. The van der Waals surface area contributed by atoms with Gasteiger partial charge in [-0.2, -0.15) is 0 Å². The van der Waals surface area contributed by atoms with Crippen LogP contribution in [0.25, 0.3) is 0 Å². The molecule has 1 fully saturated rings. The molecule has 8 heteroatoms. The summed E-state index contributed by atoms with van der Waals surface area (Å²) in [5.41, 5.74) is 6.00. The van der Waals surface area contributed by atoms with Gasteiger partial charge in [0.2, 0.25) is 0 Å². The minimum absolute atomic E-state index is 0.217. The number of nitrogens with zero attached hydrogens (tertiary/aromatic N) is 1. The number of para-hydroxylation sites is 1. The minimum atomic E-state index is -3.76. The van der Waals surface area contributed by atoms with Gasteiger partial charge >= 0.3 is 5.97 Å². The lowest BCUT2D eigenvalue weighted by Gasteiger charge is -2.28. The fourth-order valence-electron chi connectivity index (χ4n) is 2.46. The highest BCUT2D eigenvalue weighted by molar-refractivity contribution is 7.93. The van der Waals surface area contributed by atoms with Gasteiger partial charge in [0, 0.05) is 13.1 Å². The van der Waals surface area contributed by atoms with Crippen molar-refractivity contribution < 1.29 is 17.9 Å². The summed E-state index contributed by atoms with van der Waals surface area (Å²) in [6.45, 7) is 4.17. The highest BCUT2D eigenvalue weighted by Gasteiger charge is 2.45. The molecule has 0 bridgehead atoms. The van der Waals surface area contributed by atoms with Crippen LogP contribution >= 0.6 is 0 Å². The highest BCUT2D eigenvalue weighted by Crippen LogP contribution is 2.24. The summed E-state index contributed by atoms with van der Waals surface area (Å²) >= 11 is 0. The summed E-state index contributed by atoms with van der Waals surface area (Å²) in [4.78, 5) is 12.0. The number of carbonyl (C=O) groups excluding carboxylic acids is 1.